The van der Waals surface area contributed by atoms with Crippen molar-refractivity contribution < 1.29 is 9.90 Å². The molecule has 3 heteroatoms. The van der Waals surface area contributed by atoms with Crippen LogP contribution in [-0.2, 0) is 4.79 Å². The van der Waals surface area contributed by atoms with Crippen molar-refractivity contribution in [2.45, 2.75) is 46.1 Å². The molecular weight excluding hydrogens is 262 g/mol. The van der Waals surface area contributed by atoms with Gasteiger partial charge < -0.3 is 10.4 Å². The van der Waals surface area contributed by atoms with Crippen LogP contribution in [0.25, 0.3) is 0 Å². The standard InChI is InChI=1S/C18H27NO2/c1-13-8-7-11-18(2,3)16(13)17(21)19-12-15(20)14-9-5-4-6-10-14/h4-6,9-10,13,15-16,20H,7-8,11-12H2,1-3H3,(H,19,21)/t13-,15+,16-/m1/s1. The molecule has 116 valence electrons. The highest BCUT2D eigenvalue weighted by Gasteiger charge is 2.41. The first-order chi connectivity index (χ1) is 9.92. The second-order valence-corrected chi connectivity index (χ2v) is 7.01. The molecule has 0 aliphatic heterocycles. The van der Waals surface area contributed by atoms with E-state index in [1.165, 1.54) is 6.42 Å². The first kappa shape index (κ1) is 16.0. The minimum atomic E-state index is -0.642. The second-order valence-electron chi connectivity index (χ2n) is 7.01. The summed E-state index contributed by atoms with van der Waals surface area (Å²) in [5.74, 6) is 0.527. The maximum atomic E-state index is 12.5. The monoisotopic (exact) mass is 289 g/mol. The van der Waals surface area contributed by atoms with Gasteiger partial charge in [-0.25, -0.2) is 0 Å². The fourth-order valence-corrected chi connectivity index (χ4v) is 3.69. The van der Waals surface area contributed by atoms with E-state index in [2.05, 4.69) is 26.1 Å². The largest absolute Gasteiger partial charge is 0.387 e. The Bertz CT molecular complexity index is 469. The van der Waals surface area contributed by atoms with Gasteiger partial charge in [0.25, 0.3) is 0 Å². The Kier molecular flexibility index (Phi) is 5.04. The highest BCUT2D eigenvalue weighted by molar-refractivity contribution is 5.79. The first-order valence-electron chi connectivity index (χ1n) is 7.92. The van der Waals surface area contributed by atoms with E-state index in [9.17, 15) is 9.90 Å². The van der Waals surface area contributed by atoms with Crippen molar-refractivity contribution in [3.8, 4) is 0 Å². The van der Waals surface area contributed by atoms with Crippen LogP contribution in [0.1, 0.15) is 51.7 Å². The summed E-state index contributed by atoms with van der Waals surface area (Å²) in [6, 6.07) is 9.47. The highest BCUT2D eigenvalue weighted by atomic mass is 16.3. The lowest BCUT2D eigenvalue weighted by atomic mass is 9.64. The molecule has 1 aromatic carbocycles. The Morgan fingerprint density at radius 3 is 2.67 bits per heavy atom. The number of rotatable bonds is 4. The van der Waals surface area contributed by atoms with Gasteiger partial charge in [0.1, 0.15) is 0 Å². The summed E-state index contributed by atoms with van der Waals surface area (Å²) in [6.45, 7) is 6.81. The average molecular weight is 289 g/mol. The number of aliphatic hydroxyl groups is 1. The number of hydrogen-bond acceptors (Lipinski definition) is 2. The van der Waals surface area contributed by atoms with Gasteiger partial charge in [0.05, 0.1) is 6.10 Å². The van der Waals surface area contributed by atoms with Gasteiger partial charge in [0.2, 0.25) is 5.91 Å². The molecule has 2 rings (SSSR count). The lowest BCUT2D eigenvalue weighted by Gasteiger charge is -2.41. The molecule has 0 unspecified atom stereocenters. The quantitative estimate of drug-likeness (QED) is 0.893. The van der Waals surface area contributed by atoms with Gasteiger partial charge in [0, 0.05) is 12.5 Å². The number of nitrogens with one attached hydrogen (secondary N) is 1. The number of benzene rings is 1. The van der Waals surface area contributed by atoms with Crippen LogP contribution < -0.4 is 5.32 Å². The molecule has 0 aromatic heterocycles. The predicted molar refractivity (Wildman–Crippen MR) is 84.7 cm³/mol. The molecule has 1 amide bonds. The summed E-state index contributed by atoms with van der Waals surface area (Å²) in [4.78, 5) is 12.5. The van der Waals surface area contributed by atoms with E-state index in [-0.39, 0.29) is 23.8 Å². The van der Waals surface area contributed by atoms with Crippen LogP contribution in [0, 0.1) is 17.3 Å². The van der Waals surface area contributed by atoms with Gasteiger partial charge in [-0.3, -0.25) is 4.79 Å². The summed E-state index contributed by atoms with van der Waals surface area (Å²) >= 11 is 0. The molecule has 3 nitrogen and oxygen atoms in total. The van der Waals surface area contributed by atoms with Crippen molar-refractivity contribution in [3.63, 3.8) is 0 Å². The Balaban J connectivity index is 1.95. The predicted octanol–water partition coefficient (Wildman–Crippen LogP) is 3.30. The molecule has 1 aromatic rings. The molecule has 0 saturated heterocycles. The van der Waals surface area contributed by atoms with Crippen LogP contribution in [0.2, 0.25) is 0 Å². The highest BCUT2D eigenvalue weighted by Crippen LogP contribution is 2.43. The molecule has 2 N–H and O–H groups in total. The number of carbonyl (C=O) groups is 1. The second kappa shape index (κ2) is 6.61. The first-order valence-corrected chi connectivity index (χ1v) is 7.92. The zero-order valence-corrected chi connectivity index (χ0v) is 13.3. The Labute approximate surface area is 127 Å². The summed E-state index contributed by atoms with van der Waals surface area (Å²) in [6.07, 6.45) is 2.77. The minimum absolute atomic E-state index is 0.0363. The molecule has 1 saturated carbocycles. The van der Waals surface area contributed by atoms with Crippen molar-refractivity contribution in [1.82, 2.24) is 5.32 Å². The maximum absolute atomic E-state index is 12.5. The van der Waals surface area contributed by atoms with Crippen LogP contribution >= 0.6 is 0 Å². The van der Waals surface area contributed by atoms with Crippen molar-refractivity contribution in [2.75, 3.05) is 6.54 Å². The Morgan fingerprint density at radius 2 is 2.05 bits per heavy atom. The van der Waals surface area contributed by atoms with Gasteiger partial charge >= 0.3 is 0 Å². The molecule has 0 spiro atoms. The summed E-state index contributed by atoms with van der Waals surface area (Å²) in [5, 5.41) is 13.1. The third kappa shape index (κ3) is 3.85. The maximum Gasteiger partial charge on any atom is 0.224 e. The van der Waals surface area contributed by atoms with Crippen LogP contribution in [0.3, 0.4) is 0 Å². The number of hydrogen-bond donors (Lipinski definition) is 2. The van der Waals surface area contributed by atoms with Crippen LogP contribution in [-0.4, -0.2) is 17.6 Å². The topological polar surface area (TPSA) is 49.3 Å². The van der Waals surface area contributed by atoms with Crippen molar-refractivity contribution in [3.05, 3.63) is 35.9 Å². The van der Waals surface area contributed by atoms with E-state index < -0.39 is 6.10 Å². The van der Waals surface area contributed by atoms with Crippen LogP contribution in [0.4, 0.5) is 0 Å². The van der Waals surface area contributed by atoms with Gasteiger partial charge in [-0.15, -0.1) is 0 Å². The van der Waals surface area contributed by atoms with E-state index in [4.69, 9.17) is 0 Å². The van der Waals surface area contributed by atoms with Crippen molar-refractivity contribution >= 4 is 5.91 Å². The molecule has 0 radical (unpaired) electrons. The molecule has 0 bridgehead atoms. The summed E-state index contributed by atoms with van der Waals surface area (Å²) in [5.41, 5.74) is 0.883. The average Bonchev–Trinajstić information content (AvgIpc) is 2.44. The molecule has 1 aliphatic rings. The lowest BCUT2D eigenvalue weighted by molar-refractivity contribution is -0.133. The van der Waals surface area contributed by atoms with Gasteiger partial charge in [0.15, 0.2) is 0 Å². The third-order valence-electron chi connectivity index (χ3n) is 4.83. The van der Waals surface area contributed by atoms with Crippen LogP contribution in [0.5, 0.6) is 0 Å². The molecular formula is C18H27NO2. The van der Waals surface area contributed by atoms with E-state index in [0.29, 0.717) is 5.92 Å². The van der Waals surface area contributed by atoms with Gasteiger partial charge in [-0.05, 0) is 29.7 Å². The zero-order valence-electron chi connectivity index (χ0n) is 13.3. The van der Waals surface area contributed by atoms with Crippen LogP contribution in [0.15, 0.2) is 30.3 Å². The van der Waals surface area contributed by atoms with Gasteiger partial charge in [-0.1, -0.05) is 57.5 Å². The van der Waals surface area contributed by atoms with Crippen molar-refractivity contribution in [1.29, 1.82) is 0 Å². The number of amides is 1. The third-order valence-corrected chi connectivity index (χ3v) is 4.83. The lowest BCUT2D eigenvalue weighted by Crippen LogP contribution is -2.45. The number of aliphatic hydroxyl groups excluding tert-OH is 1. The minimum Gasteiger partial charge on any atom is -0.387 e. The smallest absolute Gasteiger partial charge is 0.224 e. The SMILES string of the molecule is C[C@@H]1CCCC(C)(C)[C@H]1C(=O)NC[C@H](O)c1ccccc1. The Morgan fingerprint density at radius 1 is 1.38 bits per heavy atom. The van der Waals surface area contributed by atoms with Gasteiger partial charge in [-0.2, -0.15) is 0 Å². The molecule has 21 heavy (non-hydrogen) atoms. The fraction of sp³-hybridized carbons (Fsp3) is 0.611. The molecule has 1 fully saturated rings. The fourth-order valence-electron chi connectivity index (χ4n) is 3.69. The van der Waals surface area contributed by atoms with E-state index in [1.54, 1.807) is 0 Å². The van der Waals surface area contributed by atoms with E-state index >= 15 is 0 Å². The summed E-state index contributed by atoms with van der Waals surface area (Å²) < 4.78 is 0. The normalized spacial score (nSPS) is 26.1. The zero-order chi connectivity index (χ0) is 15.5. The number of carbonyl (C=O) groups excluding carboxylic acids is 1. The summed E-state index contributed by atoms with van der Waals surface area (Å²) in [7, 11) is 0. The molecule has 3 atom stereocenters. The Hall–Kier alpha value is -1.35. The van der Waals surface area contributed by atoms with E-state index in [0.717, 1.165) is 18.4 Å². The van der Waals surface area contributed by atoms with Crippen molar-refractivity contribution in [2.24, 2.45) is 17.3 Å². The molecule has 0 heterocycles. The van der Waals surface area contributed by atoms with E-state index in [1.807, 2.05) is 30.3 Å². The molecule has 1 aliphatic carbocycles.